The van der Waals surface area contributed by atoms with E-state index >= 15 is 0 Å². The summed E-state index contributed by atoms with van der Waals surface area (Å²) in [7, 11) is 0. The fourth-order valence-corrected chi connectivity index (χ4v) is 2.55. The predicted octanol–water partition coefficient (Wildman–Crippen LogP) is -0.794. The minimum absolute atomic E-state index is 0.365. The van der Waals surface area contributed by atoms with Gasteiger partial charge in [-0.1, -0.05) is 0 Å². The van der Waals surface area contributed by atoms with Crippen molar-refractivity contribution in [1.82, 2.24) is 5.32 Å². The van der Waals surface area contributed by atoms with Gasteiger partial charge in [0.05, 0.1) is 0 Å². The van der Waals surface area contributed by atoms with Gasteiger partial charge in [0, 0.05) is 34.6 Å². The lowest BCUT2D eigenvalue weighted by molar-refractivity contribution is -0.270. The van der Waals surface area contributed by atoms with Crippen molar-refractivity contribution < 1.29 is 47.7 Å². The summed E-state index contributed by atoms with van der Waals surface area (Å²) in [5.74, 6) is -3.34. The molecule has 0 radical (unpaired) electrons. The van der Waals surface area contributed by atoms with E-state index in [1.807, 2.05) is 0 Å². The lowest BCUT2D eigenvalue weighted by atomic mass is 9.96. The Morgan fingerprint density at radius 1 is 0.778 bits per heavy atom. The summed E-state index contributed by atoms with van der Waals surface area (Å²) < 4.78 is 25.9. The van der Waals surface area contributed by atoms with Crippen LogP contribution in [0.5, 0.6) is 0 Å². The Morgan fingerprint density at radius 3 is 1.74 bits per heavy atom. The van der Waals surface area contributed by atoms with E-state index in [9.17, 15) is 24.0 Å². The van der Waals surface area contributed by atoms with E-state index in [2.05, 4.69) is 5.32 Å². The van der Waals surface area contributed by atoms with Gasteiger partial charge >= 0.3 is 23.9 Å². The van der Waals surface area contributed by atoms with Crippen LogP contribution in [0.1, 0.15) is 34.6 Å². The average molecular weight is 389 g/mol. The van der Waals surface area contributed by atoms with E-state index in [-0.39, 0.29) is 6.61 Å². The molecule has 0 unspecified atom stereocenters. The first-order valence-electron chi connectivity index (χ1n) is 8.08. The Morgan fingerprint density at radius 2 is 1.30 bits per heavy atom. The van der Waals surface area contributed by atoms with E-state index in [1.165, 1.54) is 6.92 Å². The molecule has 0 spiro atoms. The Labute approximate surface area is 155 Å². The molecule has 1 heterocycles. The van der Waals surface area contributed by atoms with Crippen molar-refractivity contribution in [2.75, 3.05) is 6.61 Å². The van der Waals surface area contributed by atoms with Crippen LogP contribution in [0, 0.1) is 0 Å². The van der Waals surface area contributed by atoms with Crippen LogP contribution >= 0.6 is 0 Å². The molecule has 1 saturated heterocycles. The highest BCUT2D eigenvalue weighted by atomic mass is 16.7. The van der Waals surface area contributed by atoms with E-state index in [0.717, 1.165) is 27.7 Å². The minimum Gasteiger partial charge on any atom is -0.463 e. The Balaban J connectivity index is 3.29. The van der Waals surface area contributed by atoms with Crippen molar-refractivity contribution in [1.29, 1.82) is 0 Å². The third kappa shape index (κ3) is 7.21. The molecule has 11 nitrogen and oxygen atoms in total. The van der Waals surface area contributed by atoms with Crippen molar-refractivity contribution >= 4 is 29.8 Å². The lowest BCUT2D eigenvalue weighted by Gasteiger charge is -2.44. The monoisotopic (exact) mass is 389 g/mol. The highest BCUT2D eigenvalue weighted by Gasteiger charge is 2.52. The number of ether oxygens (including phenoxy) is 5. The maximum absolute atomic E-state index is 11.6. The van der Waals surface area contributed by atoms with Gasteiger partial charge in [-0.25, -0.2) is 0 Å². The number of hydrogen-bond acceptors (Lipinski definition) is 10. The van der Waals surface area contributed by atoms with Crippen LogP contribution in [0.15, 0.2) is 0 Å². The van der Waals surface area contributed by atoms with E-state index < -0.39 is 60.4 Å². The summed E-state index contributed by atoms with van der Waals surface area (Å²) in [6.07, 6.45) is -4.97. The molecule has 1 aliphatic heterocycles. The standard InChI is InChI=1S/C16H23NO10/c1-7(18)17-13-15(25-10(4)21)14(24-9(3)20)12(6-23-8(2)19)27-16(13)26-11(5)22/h12-16H,6H2,1-5H3,(H,17,18)/t12-,13+,14-,15-,16-/m1/s1. The van der Waals surface area contributed by atoms with Crippen LogP contribution < -0.4 is 5.32 Å². The van der Waals surface area contributed by atoms with Gasteiger partial charge in [-0.3, -0.25) is 24.0 Å². The van der Waals surface area contributed by atoms with Crippen LogP contribution in [0.2, 0.25) is 0 Å². The zero-order valence-corrected chi connectivity index (χ0v) is 15.7. The molecule has 1 N–H and O–H groups in total. The molecule has 0 bridgehead atoms. The first kappa shape index (κ1) is 22.4. The van der Waals surface area contributed by atoms with Crippen LogP contribution in [-0.2, 0) is 47.7 Å². The summed E-state index contributed by atoms with van der Waals surface area (Å²) in [5.41, 5.74) is 0. The Kier molecular flexibility index (Phi) is 8.16. The number of amides is 1. The van der Waals surface area contributed by atoms with Gasteiger partial charge < -0.3 is 29.0 Å². The number of carbonyl (C=O) groups is 5. The number of esters is 4. The van der Waals surface area contributed by atoms with Crippen LogP contribution in [0.4, 0.5) is 0 Å². The normalized spacial score (nSPS) is 27.1. The van der Waals surface area contributed by atoms with Crippen molar-refractivity contribution in [3.8, 4) is 0 Å². The molecule has 5 atom stereocenters. The highest BCUT2D eigenvalue weighted by molar-refractivity contribution is 5.74. The molecule has 0 aromatic rings. The molecule has 1 rings (SSSR count). The molecule has 0 aliphatic carbocycles. The summed E-state index contributed by atoms with van der Waals surface area (Å²) in [5, 5.41) is 2.46. The third-order valence-corrected chi connectivity index (χ3v) is 3.35. The summed E-state index contributed by atoms with van der Waals surface area (Å²) in [4.78, 5) is 57.2. The molecule has 0 saturated carbocycles. The lowest BCUT2D eigenvalue weighted by Crippen LogP contribution is -2.66. The topological polar surface area (TPSA) is 144 Å². The Hall–Kier alpha value is -2.69. The fourth-order valence-electron chi connectivity index (χ4n) is 2.55. The van der Waals surface area contributed by atoms with Gasteiger partial charge in [0.2, 0.25) is 12.2 Å². The first-order chi connectivity index (χ1) is 12.5. The van der Waals surface area contributed by atoms with Gasteiger partial charge in [-0.2, -0.15) is 0 Å². The smallest absolute Gasteiger partial charge is 0.305 e. The van der Waals surface area contributed by atoms with Crippen molar-refractivity contribution in [2.45, 2.75) is 65.3 Å². The van der Waals surface area contributed by atoms with Crippen LogP contribution in [0.3, 0.4) is 0 Å². The van der Waals surface area contributed by atoms with Crippen molar-refractivity contribution in [3.05, 3.63) is 0 Å². The Bertz CT molecular complexity index is 604. The zero-order valence-electron chi connectivity index (χ0n) is 15.7. The van der Waals surface area contributed by atoms with E-state index in [4.69, 9.17) is 23.7 Å². The molecule has 1 amide bonds. The van der Waals surface area contributed by atoms with Crippen molar-refractivity contribution in [2.24, 2.45) is 0 Å². The molecule has 27 heavy (non-hydrogen) atoms. The van der Waals surface area contributed by atoms with Gasteiger partial charge in [-0.15, -0.1) is 0 Å². The molecule has 1 aliphatic rings. The molecular formula is C16H23NO10. The van der Waals surface area contributed by atoms with E-state index in [1.54, 1.807) is 0 Å². The molecule has 152 valence electrons. The molecule has 11 heteroatoms. The number of rotatable bonds is 6. The van der Waals surface area contributed by atoms with Gasteiger partial charge in [0.15, 0.2) is 12.2 Å². The number of carbonyl (C=O) groups excluding carboxylic acids is 5. The maximum Gasteiger partial charge on any atom is 0.305 e. The second-order valence-electron chi connectivity index (χ2n) is 5.83. The summed E-state index contributed by atoms with van der Waals surface area (Å²) in [6.45, 7) is 5.36. The van der Waals surface area contributed by atoms with Gasteiger partial charge in [0.25, 0.3) is 0 Å². The number of hydrogen-bond donors (Lipinski definition) is 1. The largest absolute Gasteiger partial charge is 0.463 e. The van der Waals surface area contributed by atoms with Crippen LogP contribution in [0.25, 0.3) is 0 Å². The van der Waals surface area contributed by atoms with Gasteiger partial charge in [0.1, 0.15) is 18.8 Å². The predicted molar refractivity (Wildman–Crippen MR) is 85.8 cm³/mol. The maximum atomic E-state index is 11.6. The minimum atomic E-state index is -1.37. The fraction of sp³-hybridized carbons (Fsp3) is 0.688. The summed E-state index contributed by atoms with van der Waals surface area (Å²) >= 11 is 0. The second-order valence-corrected chi connectivity index (χ2v) is 5.83. The molecule has 0 aromatic heterocycles. The second kappa shape index (κ2) is 9.86. The van der Waals surface area contributed by atoms with E-state index in [0.29, 0.717) is 0 Å². The average Bonchev–Trinajstić information content (AvgIpc) is 2.49. The SMILES string of the molecule is CC(=O)N[C@@H]1[C@H](OC(C)=O)O[C@H](COC(C)=O)[C@@H](OC(C)=O)[C@@H]1OC(C)=O. The summed E-state index contributed by atoms with van der Waals surface area (Å²) in [6, 6.07) is -1.16. The number of nitrogens with one attached hydrogen (secondary N) is 1. The van der Waals surface area contributed by atoms with Crippen LogP contribution in [-0.4, -0.2) is 67.0 Å². The molecule has 1 fully saturated rings. The zero-order chi connectivity index (χ0) is 20.7. The first-order valence-corrected chi connectivity index (χ1v) is 8.08. The highest BCUT2D eigenvalue weighted by Crippen LogP contribution is 2.28. The molecular weight excluding hydrogens is 366 g/mol. The molecule has 0 aromatic carbocycles. The quantitative estimate of drug-likeness (QED) is 0.453. The van der Waals surface area contributed by atoms with Gasteiger partial charge in [-0.05, 0) is 0 Å². The third-order valence-electron chi connectivity index (χ3n) is 3.35. The van der Waals surface area contributed by atoms with Crippen molar-refractivity contribution in [3.63, 3.8) is 0 Å².